The Morgan fingerprint density at radius 3 is 2.89 bits per heavy atom. The molecule has 2 rings (SSSR count). The van der Waals surface area contributed by atoms with Gasteiger partial charge in [-0.3, -0.25) is 0 Å². The first-order valence-electron chi connectivity index (χ1n) is 7.06. The lowest BCUT2D eigenvalue weighted by atomic mass is 9.76. The minimum Gasteiger partial charge on any atom is -0.388 e. The van der Waals surface area contributed by atoms with Crippen LogP contribution in [0.4, 0.5) is 0 Å². The third-order valence-corrected chi connectivity index (χ3v) is 4.64. The summed E-state index contributed by atoms with van der Waals surface area (Å²) < 4.78 is 0. The molecule has 0 spiro atoms. The molecular weight excluding hydrogens is 244 g/mol. The summed E-state index contributed by atoms with van der Waals surface area (Å²) in [6, 6.07) is 5.82. The standard InChI is InChI=1S/C16H23ClO/c1-3-12-5-4-6-13(9-12)16(18)15-10-14(17)8-7-11(15)2/h7-8,10,12-13,16,18H,3-6,9H2,1-2H3. The number of halogens is 1. The molecular formula is C16H23ClO. The van der Waals surface area contributed by atoms with Gasteiger partial charge in [-0.2, -0.15) is 0 Å². The monoisotopic (exact) mass is 266 g/mol. The number of aryl methyl sites for hydroxylation is 1. The third kappa shape index (κ3) is 3.07. The van der Waals surface area contributed by atoms with Crippen LogP contribution >= 0.6 is 11.6 Å². The van der Waals surface area contributed by atoms with Crippen LogP contribution < -0.4 is 0 Å². The number of hydrogen-bond acceptors (Lipinski definition) is 1. The van der Waals surface area contributed by atoms with Crippen molar-refractivity contribution in [1.82, 2.24) is 0 Å². The zero-order chi connectivity index (χ0) is 13.1. The van der Waals surface area contributed by atoms with Gasteiger partial charge in [-0.1, -0.05) is 43.9 Å². The minimum atomic E-state index is -0.349. The summed E-state index contributed by atoms with van der Waals surface area (Å²) in [4.78, 5) is 0. The van der Waals surface area contributed by atoms with Gasteiger partial charge in [0, 0.05) is 5.02 Å². The molecule has 1 aromatic carbocycles. The molecule has 0 bridgehead atoms. The van der Waals surface area contributed by atoms with Crippen molar-refractivity contribution < 1.29 is 5.11 Å². The van der Waals surface area contributed by atoms with E-state index in [1.807, 2.05) is 18.2 Å². The molecule has 2 heteroatoms. The first-order chi connectivity index (χ1) is 8.61. The zero-order valence-electron chi connectivity index (χ0n) is 11.3. The van der Waals surface area contributed by atoms with E-state index in [2.05, 4.69) is 13.8 Å². The van der Waals surface area contributed by atoms with Crippen LogP contribution in [0.1, 0.15) is 56.3 Å². The zero-order valence-corrected chi connectivity index (χ0v) is 12.1. The van der Waals surface area contributed by atoms with Crippen LogP contribution in [0.25, 0.3) is 0 Å². The number of hydrogen-bond donors (Lipinski definition) is 1. The highest BCUT2D eigenvalue weighted by atomic mass is 35.5. The van der Waals surface area contributed by atoms with E-state index >= 15 is 0 Å². The SMILES string of the molecule is CCC1CCCC(C(O)c2cc(Cl)ccc2C)C1. The molecule has 0 aromatic heterocycles. The van der Waals surface area contributed by atoms with Crippen LogP contribution in [-0.2, 0) is 0 Å². The fourth-order valence-electron chi connectivity index (χ4n) is 3.17. The Morgan fingerprint density at radius 1 is 1.39 bits per heavy atom. The van der Waals surface area contributed by atoms with E-state index in [-0.39, 0.29) is 6.10 Å². The number of rotatable bonds is 3. The molecule has 1 N–H and O–H groups in total. The summed E-state index contributed by atoms with van der Waals surface area (Å²) in [5, 5.41) is 11.3. The van der Waals surface area contributed by atoms with E-state index in [1.165, 1.54) is 19.3 Å². The largest absolute Gasteiger partial charge is 0.388 e. The van der Waals surface area contributed by atoms with Gasteiger partial charge in [0.1, 0.15) is 0 Å². The molecule has 1 aromatic rings. The molecule has 0 heterocycles. The van der Waals surface area contributed by atoms with E-state index < -0.39 is 0 Å². The maximum absolute atomic E-state index is 10.6. The van der Waals surface area contributed by atoms with Crippen molar-refractivity contribution in [2.45, 2.75) is 52.1 Å². The second kappa shape index (κ2) is 6.08. The molecule has 3 atom stereocenters. The van der Waals surface area contributed by atoms with Gasteiger partial charge in [-0.25, -0.2) is 0 Å². The van der Waals surface area contributed by atoms with Gasteiger partial charge in [0.15, 0.2) is 0 Å². The van der Waals surface area contributed by atoms with E-state index in [9.17, 15) is 5.11 Å². The van der Waals surface area contributed by atoms with Gasteiger partial charge in [-0.05, 0) is 54.9 Å². The summed E-state index contributed by atoms with van der Waals surface area (Å²) in [5.74, 6) is 1.19. The molecule has 3 unspecified atom stereocenters. The molecule has 0 amide bonds. The van der Waals surface area contributed by atoms with Crippen molar-refractivity contribution in [3.05, 3.63) is 34.3 Å². The third-order valence-electron chi connectivity index (χ3n) is 4.41. The summed E-state index contributed by atoms with van der Waals surface area (Å²) in [6.45, 7) is 4.30. The Labute approximate surface area is 115 Å². The van der Waals surface area contributed by atoms with Crippen LogP contribution in [0.5, 0.6) is 0 Å². The normalized spacial score (nSPS) is 26.0. The van der Waals surface area contributed by atoms with Crippen molar-refractivity contribution in [3.8, 4) is 0 Å². The maximum Gasteiger partial charge on any atom is 0.0821 e. The van der Waals surface area contributed by atoms with Crippen molar-refractivity contribution in [1.29, 1.82) is 0 Å². The fourth-order valence-corrected chi connectivity index (χ4v) is 3.35. The van der Waals surface area contributed by atoms with Crippen LogP contribution in [0, 0.1) is 18.8 Å². The quantitative estimate of drug-likeness (QED) is 0.825. The lowest BCUT2D eigenvalue weighted by Gasteiger charge is -2.32. The number of benzene rings is 1. The minimum absolute atomic E-state index is 0.349. The first kappa shape index (κ1) is 13.9. The van der Waals surface area contributed by atoms with Crippen LogP contribution in [-0.4, -0.2) is 5.11 Å². The van der Waals surface area contributed by atoms with Crippen LogP contribution in [0.2, 0.25) is 5.02 Å². The Balaban J connectivity index is 2.14. The van der Waals surface area contributed by atoms with E-state index in [4.69, 9.17) is 11.6 Å². The van der Waals surface area contributed by atoms with Crippen molar-refractivity contribution in [2.24, 2.45) is 11.8 Å². The highest BCUT2D eigenvalue weighted by Gasteiger charge is 2.28. The van der Waals surface area contributed by atoms with Gasteiger partial charge in [0.25, 0.3) is 0 Å². The second-order valence-electron chi connectivity index (χ2n) is 5.65. The Kier molecular flexibility index (Phi) is 4.69. The van der Waals surface area contributed by atoms with Gasteiger partial charge in [-0.15, -0.1) is 0 Å². The Bertz CT molecular complexity index is 402. The van der Waals surface area contributed by atoms with Gasteiger partial charge < -0.3 is 5.11 Å². The van der Waals surface area contributed by atoms with Crippen LogP contribution in [0.15, 0.2) is 18.2 Å². The van der Waals surface area contributed by atoms with Crippen molar-refractivity contribution >= 4 is 11.6 Å². The lowest BCUT2D eigenvalue weighted by molar-refractivity contribution is 0.0673. The molecule has 100 valence electrons. The van der Waals surface area contributed by atoms with Crippen molar-refractivity contribution in [2.75, 3.05) is 0 Å². The summed E-state index contributed by atoms with van der Waals surface area (Å²) in [6.07, 6.45) is 5.76. The first-order valence-corrected chi connectivity index (χ1v) is 7.43. The van der Waals surface area contributed by atoms with E-state index in [1.54, 1.807) is 0 Å². The summed E-state index contributed by atoms with van der Waals surface area (Å²) in [5.41, 5.74) is 2.16. The molecule has 1 aliphatic rings. The number of aliphatic hydroxyl groups excluding tert-OH is 1. The second-order valence-corrected chi connectivity index (χ2v) is 6.08. The topological polar surface area (TPSA) is 20.2 Å². The van der Waals surface area contributed by atoms with Gasteiger partial charge in [0.2, 0.25) is 0 Å². The van der Waals surface area contributed by atoms with Crippen molar-refractivity contribution in [3.63, 3.8) is 0 Å². The summed E-state index contributed by atoms with van der Waals surface area (Å²) >= 11 is 6.04. The van der Waals surface area contributed by atoms with Gasteiger partial charge in [0.05, 0.1) is 6.10 Å². The Hall–Kier alpha value is -0.530. The highest BCUT2D eigenvalue weighted by molar-refractivity contribution is 6.30. The molecule has 0 aliphatic heterocycles. The van der Waals surface area contributed by atoms with Crippen LogP contribution in [0.3, 0.4) is 0 Å². The highest BCUT2D eigenvalue weighted by Crippen LogP contribution is 2.39. The molecule has 18 heavy (non-hydrogen) atoms. The average molecular weight is 267 g/mol. The van der Waals surface area contributed by atoms with E-state index in [0.717, 1.165) is 34.9 Å². The molecule has 1 aliphatic carbocycles. The Morgan fingerprint density at radius 2 is 2.17 bits per heavy atom. The maximum atomic E-state index is 10.6. The smallest absolute Gasteiger partial charge is 0.0821 e. The molecule has 1 nitrogen and oxygen atoms in total. The summed E-state index contributed by atoms with van der Waals surface area (Å²) in [7, 11) is 0. The lowest BCUT2D eigenvalue weighted by Crippen LogP contribution is -2.21. The van der Waals surface area contributed by atoms with E-state index in [0.29, 0.717) is 5.92 Å². The van der Waals surface area contributed by atoms with Gasteiger partial charge >= 0.3 is 0 Å². The molecule has 1 saturated carbocycles. The molecule has 0 radical (unpaired) electrons. The molecule has 1 fully saturated rings. The fraction of sp³-hybridized carbons (Fsp3) is 0.625. The average Bonchev–Trinajstić information content (AvgIpc) is 2.41. The number of aliphatic hydroxyl groups is 1. The predicted molar refractivity (Wildman–Crippen MR) is 76.9 cm³/mol. The molecule has 0 saturated heterocycles. The predicted octanol–water partition coefficient (Wildman–Crippen LogP) is 4.90.